The highest BCUT2D eigenvalue weighted by molar-refractivity contribution is 7.89. The average Bonchev–Trinajstić information content (AvgIpc) is 2.13. The van der Waals surface area contributed by atoms with Crippen LogP contribution < -0.4 is 15.8 Å². The van der Waals surface area contributed by atoms with Crippen LogP contribution in [-0.4, -0.2) is 39.8 Å². The Morgan fingerprint density at radius 1 is 1.50 bits per heavy atom. The first-order chi connectivity index (χ1) is 6.58. The minimum atomic E-state index is -3.28. The van der Waals surface area contributed by atoms with Crippen LogP contribution in [0.25, 0.3) is 0 Å². The van der Waals surface area contributed by atoms with E-state index in [0.29, 0.717) is 12.5 Å². The first-order valence-electron chi connectivity index (χ1n) is 5.02. The zero-order chi connectivity index (χ0) is 10.4. The van der Waals surface area contributed by atoms with Gasteiger partial charge in [-0.05, 0) is 32.4 Å². The second-order valence-electron chi connectivity index (χ2n) is 3.72. The topological polar surface area (TPSA) is 84.2 Å². The molecule has 1 saturated heterocycles. The second-order valence-corrected chi connectivity index (χ2v) is 5.45. The van der Waals surface area contributed by atoms with Gasteiger partial charge in [0.2, 0.25) is 10.0 Å². The highest BCUT2D eigenvalue weighted by atomic mass is 32.2. The van der Waals surface area contributed by atoms with Crippen LogP contribution in [0.15, 0.2) is 0 Å². The van der Waals surface area contributed by atoms with Crippen molar-refractivity contribution < 1.29 is 8.42 Å². The minimum absolute atomic E-state index is 0.0696. The van der Waals surface area contributed by atoms with Crippen molar-refractivity contribution in [1.29, 1.82) is 0 Å². The van der Waals surface area contributed by atoms with E-state index in [2.05, 4.69) is 10.6 Å². The van der Waals surface area contributed by atoms with E-state index in [-0.39, 0.29) is 5.75 Å². The Morgan fingerprint density at radius 3 is 2.86 bits per heavy atom. The Labute approximate surface area is 85.5 Å². The van der Waals surface area contributed by atoms with E-state index in [0.717, 1.165) is 19.6 Å². The summed E-state index contributed by atoms with van der Waals surface area (Å²) in [7, 11) is -3.28. The van der Waals surface area contributed by atoms with Crippen LogP contribution in [0.1, 0.15) is 19.3 Å². The maximum atomic E-state index is 10.6. The largest absolute Gasteiger partial charge is 0.315 e. The molecule has 1 aliphatic rings. The SMILES string of the molecule is NS(=O)(=O)CCCNC1CCCNC1. The highest BCUT2D eigenvalue weighted by Gasteiger charge is 2.11. The summed E-state index contributed by atoms with van der Waals surface area (Å²) in [5, 5.41) is 11.5. The molecular formula is C8H19N3O2S. The summed E-state index contributed by atoms with van der Waals surface area (Å²) >= 11 is 0. The summed E-state index contributed by atoms with van der Waals surface area (Å²) in [4.78, 5) is 0. The maximum Gasteiger partial charge on any atom is 0.209 e. The van der Waals surface area contributed by atoms with Gasteiger partial charge in [-0.25, -0.2) is 13.6 Å². The molecule has 1 atom stereocenters. The number of sulfonamides is 1. The van der Waals surface area contributed by atoms with Crippen LogP contribution in [0.5, 0.6) is 0 Å². The van der Waals surface area contributed by atoms with Crippen molar-refractivity contribution in [2.75, 3.05) is 25.4 Å². The molecule has 0 amide bonds. The molecule has 0 radical (unpaired) electrons. The lowest BCUT2D eigenvalue weighted by Gasteiger charge is -2.23. The number of nitrogens with two attached hydrogens (primary N) is 1. The van der Waals surface area contributed by atoms with Crippen LogP contribution >= 0.6 is 0 Å². The molecule has 14 heavy (non-hydrogen) atoms. The molecule has 6 heteroatoms. The van der Waals surface area contributed by atoms with Crippen molar-refractivity contribution >= 4 is 10.0 Å². The van der Waals surface area contributed by atoms with Crippen LogP contribution in [-0.2, 0) is 10.0 Å². The number of hydrogen-bond acceptors (Lipinski definition) is 4. The van der Waals surface area contributed by atoms with E-state index < -0.39 is 10.0 Å². The summed E-state index contributed by atoms with van der Waals surface area (Å²) in [6.45, 7) is 2.80. The Hall–Kier alpha value is -0.170. The molecule has 0 saturated carbocycles. The molecular weight excluding hydrogens is 202 g/mol. The van der Waals surface area contributed by atoms with E-state index >= 15 is 0 Å². The molecule has 1 heterocycles. The second kappa shape index (κ2) is 5.65. The van der Waals surface area contributed by atoms with Gasteiger partial charge in [0, 0.05) is 12.6 Å². The van der Waals surface area contributed by atoms with Gasteiger partial charge in [-0.1, -0.05) is 0 Å². The van der Waals surface area contributed by atoms with Gasteiger partial charge in [0.15, 0.2) is 0 Å². The zero-order valence-corrected chi connectivity index (χ0v) is 9.15. The van der Waals surface area contributed by atoms with Crippen LogP contribution in [0.4, 0.5) is 0 Å². The Kier molecular flexibility index (Phi) is 4.80. The fraction of sp³-hybridized carbons (Fsp3) is 1.00. The molecule has 0 aromatic carbocycles. The van der Waals surface area contributed by atoms with Crippen molar-refractivity contribution in [3.05, 3.63) is 0 Å². The molecule has 0 aromatic rings. The van der Waals surface area contributed by atoms with E-state index in [1.165, 1.54) is 12.8 Å². The molecule has 5 nitrogen and oxygen atoms in total. The third-order valence-electron chi connectivity index (χ3n) is 2.34. The van der Waals surface area contributed by atoms with Crippen LogP contribution in [0.2, 0.25) is 0 Å². The monoisotopic (exact) mass is 221 g/mol. The fourth-order valence-corrected chi connectivity index (χ4v) is 2.15. The van der Waals surface area contributed by atoms with Crippen molar-refractivity contribution in [1.82, 2.24) is 10.6 Å². The zero-order valence-electron chi connectivity index (χ0n) is 8.33. The van der Waals surface area contributed by atoms with E-state index in [4.69, 9.17) is 5.14 Å². The normalized spacial score (nSPS) is 23.6. The summed E-state index contributed by atoms with van der Waals surface area (Å²) in [6, 6.07) is 0.490. The van der Waals surface area contributed by atoms with Gasteiger partial charge in [0.25, 0.3) is 0 Å². The van der Waals surface area contributed by atoms with Gasteiger partial charge in [0.05, 0.1) is 5.75 Å². The average molecular weight is 221 g/mol. The van der Waals surface area contributed by atoms with Gasteiger partial charge >= 0.3 is 0 Å². The van der Waals surface area contributed by atoms with Gasteiger partial charge in [-0.3, -0.25) is 0 Å². The summed E-state index contributed by atoms with van der Waals surface area (Å²) in [5.74, 6) is 0.0696. The van der Waals surface area contributed by atoms with Gasteiger partial charge < -0.3 is 10.6 Å². The molecule has 0 aliphatic carbocycles. The predicted octanol–water partition coefficient (Wildman–Crippen LogP) is -0.993. The lowest BCUT2D eigenvalue weighted by atomic mass is 10.1. The number of rotatable bonds is 5. The molecule has 1 rings (SSSR count). The van der Waals surface area contributed by atoms with Gasteiger partial charge in [-0.15, -0.1) is 0 Å². The third-order valence-corrected chi connectivity index (χ3v) is 3.19. The molecule has 84 valence electrons. The Bertz CT molecular complexity index is 247. The van der Waals surface area contributed by atoms with Gasteiger partial charge in [0.1, 0.15) is 0 Å². The molecule has 1 fully saturated rings. The third kappa shape index (κ3) is 5.54. The van der Waals surface area contributed by atoms with E-state index in [1.54, 1.807) is 0 Å². The standard InChI is InChI=1S/C8H19N3O2S/c9-14(12,13)6-2-5-11-8-3-1-4-10-7-8/h8,10-11H,1-7H2,(H2,9,12,13). The highest BCUT2D eigenvalue weighted by Crippen LogP contribution is 2.00. The molecule has 0 bridgehead atoms. The fourth-order valence-electron chi connectivity index (χ4n) is 1.61. The minimum Gasteiger partial charge on any atom is -0.315 e. The van der Waals surface area contributed by atoms with Crippen molar-refractivity contribution in [3.8, 4) is 0 Å². The first-order valence-corrected chi connectivity index (χ1v) is 6.74. The number of piperidine rings is 1. The molecule has 4 N–H and O–H groups in total. The van der Waals surface area contributed by atoms with E-state index in [9.17, 15) is 8.42 Å². The lowest BCUT2D eigenvalue weighted by molar-refractivity contribution is 0.391. The summed E-state index contributed by atoms with van der Waals surface area (Å²) < 4.78 is 21.2. The molecule has 0 spiro atoms. The summed E-state index contributed by atoms with van der Waals surface area (Å²) in [6.07, 6.45) is 2.95. The maximum absolute atomic E-state index is 10.6. The van der Waals surface area contributed by atoms with Crippen molar-refractivity contribution in [2.45, 2.75) is 25.3 Å². The van der Waals surface area contributed by atoms with Crippen LogP contribution in [0, 0.1) is 0 Å². The quantitative estimate of drug-likeness (QED) is 0.520. The Morgan fingerprint density at radius 2 is 2.29 bits per heavy atom. The lowest BCUT2D eigenvalue weighted by Crippen LogP contribution is -2.43. The smallest absolute Gasteiger partial charge is 0.209 e. The first kappa shape index (κ1) is 11.9. The van der Waals surface area contributed by atoms with Crippen LogP contribution in [0.3, 0.4) is 0 Å². The van der Waals surface area contributed by atoms with E-state index in [1.807, 2.05) is 0 Å². The predicted molar refractivity (Wildman–Crippen MR) is 56.5 cm³/mol. The number of nitrogens with one attached hydrogen (secondary N) is 2. The van der Waals surface area contributed by atoms with Gasteiger partial charge in [-0.2, -0.15) is 0 Å². The summed E-state index contributed by atoms with van der Waals surface area (Å²) in [5.41, 5.74) is 0. The Balaban J connectivity index is 2.03. The number of primary sulfonamides is 1. The van der Waals surface area contributed by atoms with Crippen molar-refractivity contribution in [3.63, 3.8) is 0 Å². The molecule has 1 unspecified atom stereocenters. The number of hydrogen-bond donors (Lipinski definition) is 3. The molecule has 1 aliphatic heterocycles. The van der Waals surface area contributed by atoms with Crippen molar-refractivity contribution in [2.24, 2.45) is 5.14 Å². The molecule has 0 aromatic heterocycles.